The molecule has 0 unspecified atom stereocenters. The normalized spacial score (nSPS) is 14.5. The van der Waals surface area contributed by atoms with E-state index in [1.165, 1.54) is 19.1 Å². The van der Waals surface area contributed by atoms with Gasteiger partial charge in [-0.15, -0.1) is 0 Å². The highest BCUT2D eigenvalue weighted by Gasteiger charge is 2.27. The molecule has 0 atom stereocenters. The maximum atomic E-state index is 12.9. The molecular formula is C18H13FO4. The molecule has 0 radical (unpaired) electrons. The van der Waals surface area contributed by atoms with Gasteiger partial charge in [0.2, 0.25) is 5.78 Å². The van der Waals surface area contributed by atoms with Gasteiger partial charge < -0.3 is 9.47 Å². The predicted molar refractivity (Wildman–Crippen MR) is 82.0 cm³/mol. The van der Waals surface area contributed by atoms with Crippen LogP contribution in [0.2, 0.25) is 0 Å². The number of allylic oxidation sites excluding steroid dienone is 1. The van der Waals surface area contributed by atoms with Crippen LogP contribution in [0.5, 0.6) is 11.5 Å². The third kappa shape index (κ3) is 3.29. The largest absolute Gasteiger partial charge is 0.486 e. The van der Waals surface area contributed by atoms with E-state index in [1.807, 2.05) is 0 Å². The molecule has 0 spiro atoms. The van der Waals surface area contributed by atoms with E-state index in [0.29, 0.717) is 22.6 Å². The standard InChI is InChI=1S/C18H13FO4/c1-11(20)10-22-14-6-7-15-16(9-14)23-17(18(15)21)8-12-2-4-13(19)5-3-12/h2-9H,10H2,1H3/b17-8+. The van der Waals surface area contributed by atoms with Gasteiger partial charge in [0.25, 0.3) is 0 Å². The summed E-state index contributed by atoms with van der Waals surface area (Å²) in [7, 11) is 0. The number of benzene rings is 2. The van der Waals surface area contributed by atoms with E-state index < -0.39 is 0 Å². The van der Waals surface area contributed by atoms with Crippen molar-refractivity contribution in [3.8, 4) is 11.5 Å². The lowest BCUT2D eigenvalue weighted by Gasteiger charge is -2.04. The van der Waals surface area contributed by atoms with Crippen molar-refractivity contribution in [2.45, 2.75) is 6.92 Å². The Hall–Kier alpha value is -2.95. The monoisotopic (exact) mass is 312 g/mol. The Kier molecular flexibility index (Phi) is 3.93. The van der Waals surface area contributed by atoms with Crippen LogP contribution < -0.4 is 9.47 Å². The zero-order valence-electron chi connectivity index (χ0n) is 12.3. The number of hydrogen-bond donors (Lipinski definition) is 0. The molecule has 5 heteroatoms. The van der Waals surface area contributed by atoms with Crippen molar-refractivity contribution in [2.24, 2.45) is 0 Å². The molecule has 0 aromatic heterocycles. The summed E-state index contributed by atoms with van der Waals surface area (Å²) >= 11 is 0. The number of Topliss-reactive ketones (excluding diaryl/α,β-unsaturated/α-hetero) is 2. The number of halogens is 1. The van der Waals surface area contributed by atoms with Gasteiger partial charge in [-0.3, -0.25) is 9.59 Å². The average Bonchev–Trinajstić information content (AvgIpc) is 2.83. The minimum atomic E-state index is -0.346. The topological polar surface area (TPSA) is 52.6 Å². The fourth-order valence-electron chi connectivity index (χ4n) is 2.15. The Labute approximate surface area is 132 Å². The van der Waals surface area contributed by atoms with Crippen LogP contribution >= 0.6 is 0 Å². The molecule has 2 aromatic carbocycles. The summed E-state index contributed by atoms with van der Waals surface area (Å²) in [4.78, 5) is 23.2. The lowest BCUT2D eigenvalue weighted by Crippen LogP contribution is -2.06. The fraction of sp³-hybridized carbons (Fsp3) is 0.111. The third-order valence-corrected chi connectivity index (χ3v) is 3.25. The van der Waals surface area contributed by atoms with Crippen LogP contribution in [-0.4, -0.2) is 18.2 Å². The summed E-state index contributed by atoms with van der Waals surface area (Å²) in [5.41, 5.74) is 1.09. The van der Waals surface area contributed by atoms with Crippen LogP contribution in [0.3, 0.4) is 0 Å². The predicted octanol–water partition coefficient (Wildman–Crippen LogP) is 3.41. The molecule has 0 fully saturated rings. The lowest BCUT2D eigenvalue weighted by molar-refractivity contribution is -0.118. The Morgan fingerprint density at radius 1 is 1.22 bits per heavy atom. The van der Waals surface area contributed by atoms with Gasteiger partial charge in [0.1, 0.15) is 23.9 Å². The van der Waals surface area contributed by atoms with Crippen molar-refractivity contribution in [2.75, 3.05) is 6.61 Å². The summed E-state index contributed by atoms with van der Waals surface area (Å²) in [5, 5.41) is 0. The Bertz CT molecular complexity index is 806. The molecule has 0 amide bonds. The van der Waals surface area contributed by atoms with E-state index in [0.717, 1.165) is 0 Å². The van der Waals surface area contributed by atoms with E-state index in [4.69, 9.17) is 9.47 Å². The first kappa shape index (κ1) is 15.0. The molecule has 1 heterocycles. The fourth-order valence-corrected chi connectivity index (χ4v) is 2.15. The second-order valence-corrected chi connectivity index (χ2v) is 5.14. The number of carbonyl (C=O) groups is 2. The van der Waals surface area contributed by atoms with Crippen molar-refractivity contribution in [3.05, 3.63) is 65.2 Å². The van der Waals surface area contributed by atoms with Gasteiger partial charge in [-0.2, -0.15) is 0 Å². The minimum Gasteiger partial charge on any atom is -0.486 e. The Morgan fingerprint density at radius 2 is 1.96 bits per heavy atom. The molecule has 2 aromatic rings. The highest BCUT2D eigenvalue weighted by atomic mass is 19.1. The van der Waals surface area contributed by atoms with Crippen molar-refractivity contribution < 1.29 is 23.5 Å². The summed E-state index contributed by atoms with van der Waals surface area (Å²) in [5.74, 6) is 0.303. The van der Waals surface area contributed by atoms with Crippen LogP contribution in [0.4, 0.5) is 4.39 Å². The van der Waals surface area contributed by atoms with Gasteiger partial charge in [-0.1, -0.05) is 12.1 Å². The second kappa shape index (κ2) is 6.04. The first-order chi connectivity index (χ1) is 11.0. The van der Waals surface area contributed by atoms with Crippen LogP contribution in [-0.2, 0) is 4.79 Å². The maximum Gasteiger partial charge on any atom is 0.231 e. The maximum absolute atomic E-state index is 12.9. The quantitative estimate of drug-likeness (QED) is 0.812. The van der Waals surface area contributed by atoms with Gasteiger partial charge >= 0.3 is 0 Å². The van der Waals surface area contributed by atoms with Crippen LogP contribution in [0, 0.1) is 5.82 Å². The molecule has 116 valence electrons. The zero-order valence-corrected chi connectivity index (χ0v) is 12.3. The molecule has 1 aliphatic heterocycles. The molecule has 0 N–H and O–H groups in total. The van der Waals surface area contributed by atoms with Crippen LogP contribution in [0.25, 0.3) is 6.08 Å². The molecule has 23 heavy (non-hydrogen) atoms. The smallest absolute Gasteiger partial charge is 0.231 e. The summed E-state index contributed by atoms with van der Waals surface area (Å²) in [6.07, 6.45) is 1.55. The number of hydrogen-bond acceptors (Lipinski definition) is 4. The number of ketones is 2. The van der Waals surface area contributed by atoms with Crippen molar-refractivity contribution in [3.63, 3.8) is 0 Å². The number of carbonyl (C=O) groups excluding carboxylic acids is 2. The molecule has 4 nitrogen and oxygen atoms in total. The van der Waals surface area contributed by atoms with E-state index >= 15 is 0 Å². The van der Waals surface area contributed by atoms with Gasteiger partial charge in [0.15, 0.2) is 11.5 Å². The number of rotatable bonds is 4. The summed E-state index contributed by atoms with van der Waals surface area (Å²) in [6.45, 7) is 1.39. The van der Waals surface area contributed by atoms with E-state index in [-0.39, 0.29) is 29.7 Å². The molecule has 1 aliphatic rings. The first-order valence-corrected chi connectivity index (χ1v) is 6.99. The van der Waals surface area contributed by atoms with Gasteiger partial charge in [-0.25, -0.2) is 4.39 Å². The van der Waals surface area contributed by atoms with Crippen LogP contribution in [0.15, 0.2) is 48.2 Å². The van der Waals surface area contributed by atoms with Gasteiger partial charge in [-0.05, 0) is 42.8 Å². The zero-order chi connectivity index (χ0) is 16.4. The molecule has 3 rings (SSSR count). The number of ether oxygens (including phenoxy) is 2. The third-order valence-electron chi connectivity index (χ3n) is 3.25. The van der Waals surface area contributed by atoms with Gasteiger partial charge in [0, 0.05) is 6.07 Å². The SMILES string of the molecule is CC(=O)COc1ccc2c(c1)O/C(=C/c1ccc(F)cc1)C2=O. The van der Waals surface area contributed by atoms with Crippen molar-refractivity contribution >= 4 is 17.6 Å². The van der Waals surface area contributed by atoms with E-state index in [9.17, 15) is 14.0 Å². The lowest BCUT2D eigenvalue weighted by atomic mass is 10.1. The average molecular weight is 312 g/mol. The van der Waals surface area contributed by atoms with E-state index in [2.05, 4.69) is 0 Å². The molecule has 0 saturated carbocycles. The van der Waals surface area contributed by atoms with Gasteiger partial charge in [0.05, 0.1) is 5.56 Å². The Morgan fingerprint density at radius 3 is 2.65 bits per heavy atom. The van der Waals surface area contributed by atoms with Crippen LogP contribution in [0.1, 0.15) is 22.8 Å². The Balaban J connectivity index is 1.83. The molecular weight excluding hydrogens is 299 g/mol. The van der Waals surface area contributed by atoms with Crippen molar-refractivity contribution in [1.29, 1.82) is 0 Å². The highest BCUT2D eigenvalue weighted by molar-refractivity contribution is 6.14. The molecule has 0 saturated heterocycles. The number of fused-ring (bicyclic) bond motifs is 1. The summed E-state index contributed by atoms with van der Waals surface area (Å²) in [6, 6.07) is 10.5. The molecule has 0 aliphatic carbocycles. The second-order valence-electron chi connectivity index (χ2n) is 5.14. The van der Waals surface area contributed by atoms with E-state index in [1.54, 1.807) is 36.4 Å². The molecule has 0 bridgehead atoms. The first-order valence-electron chi connectivity index (χ1n) is 6.99. The minimum absolute atomic E-state index is 0.0367. The summed E-state index contributed by atoms with van der Waals surface area (Å²) < 4.78 is 23.8. The highest BCUT2D eigenvalue weighted by Crippen LogP contribution is 2.34. The van der Waals surface area contributed by atoms with Crippen molar-refractivity contribution in [1.82, 2.24) is 0 Å².